The summed E-state index contributed by atoms with van der Waals surface area (Å²) < 4.78 is 0. The third-order valence-corrected chi connectivity index (χ3v) is 1.96. The van der Waals surface area contributed by atoms with Crippen LogP contribution in [0.4, 0.5) is 4.79 Å². The van der Waals surface area contributed by atoms with Crippen LogP contribution in [0.1, 0.15) is 20.3 Å². The molecular formula is C9H19N3O2. The van der Waals surface area contributed by atoms with E-state index in [0.29, 0.717) is 26.1 Å². The monoisotopic (exact) mass is 201 g/mol. The topological polar surface area (TPSA) is 61.4 Å². The summed E-state index contributed by atoms with van der Waals surface area (Å²) in [6, 6.07) is -0.112. The van der Waals surface area contributed by atoms with Crippen LogP contribution in [0.5, 0.6) is 0 Å². The van der Waals surface area contributed by atoms with Gasteiger partial charge in [0, 0.05) is 33.1 Å². The second kappa shape index (κ2) is 7.17. The summed E-state index contributed by atoms with van der Waals surface area (Å²) in [5.74, 6) is -0.0650. The van der Waals surface area contributed by atoms with E-state index in [9.17, 15) is 9.59 Å². The summed E-state index contributed by atoms with van der Waals surface area (Å²) in [5, 5.41) is 5.17. The first-order valence-corrected chi connectivity index (χ1v) is 4.89. The summed E-state index contributed by atoms with van der Waals surface area (Å²) in [6.07, 6.45) is 0.323. The fraction of sp³-hybridized carbons (Fsp3) is 0.778. The molecule has 2 N–H and O–H groups in total. The highest BCUT2D eigenvalue weighted by molar-refractivity contribution is 5.77. The molecule has 0 aromatic heterocycles. The number of carbonyl (C=O) groups excluding carboxylic acids is 2. The third kappa shape index (κ3) is 4.69. The Morgan fingerprint density at radius 2 is 1.79 bits per heavy atom. The van der Waals surface area contributed by atoms with E-state index in [0.717, 1.165) is 0 Å². The Bertz CT molecular complexity index is 190. The molecule has 0 aromatic rings. The minimum atomic E-state index is -0.112. The Balaban J connectivity index is 3.67. The molecule has 14 heavy (non-hydrogen) atoms. The van der Waals surface area contributed by atoms with Gasteiger partial charge in [-0.1, -0.05) is 0 Å². The van der Waals surface area contributed by atoms with Gasteiger partial charge in [-0.3, -0.25) is 4.79 Å². The zero-order chi connectivity index (χ0) is 11.0. The number of hydrogen-bond acceptors (Lipinski definition) is 2. The second-order valence-electron chi connectivity index (χ2n) is 2.83. The van der Waals surface area contributed by atoms with E-state index in [4.69, 9.17) is 0 Å². The minimum Gasteiger partial charge on any atom is -0.359 e. The van der Waals surface area contributed by atoms with Crippen molar-refractivity contribution in [3.63, 3.8) is 0 Å². The van der Waals surface area contributed by atoms with Crippen LogP contribution in [-0.2, 0) is 4.79 Å². The van der Waals surface area contributed by atoms with Gasteiger partial charge in [0.25, 0.3) is 0 Å². The van der Waals surface area contributed by atoms with Crippen molar-refractivity contribution >= 4 is 11.9 Å². The van der Waals surface area contributed by atoms with Crippen LogP contribution in [0.3, 0.4) is 0 Å². The molecule has 0 aliphatic carbocycles. The molecule has 0 unspecified atom stereocenters. The molecule has 0 saturated carbocycles. The Labute approximate surface area is 84.8 Å². The number of rotatable bonds is 5. The molecule has 0 saturated heterocycles. The van der Waals surface area contributed by atoms with Gasteiger partial charge < -0.3 is 15.5 Å². The van der Waals surface area contributed by atoms with Gasteiger partial charge in [-0.25, -0.2) is 4.79 Å². The number of urea groups is 1. The zero-order valence-corrected chi connectivity index (χ0v) is 9.09. The molecule has 0 aromatic carbocycles. The first kappa shape index (κ1) is 12.7. The van der Waals surface area contributed by atoms with Crippen molar-refractivity contribution in [1.82, 2.24) is 15.5 Å². The summed E-state index contributed by atoms with van der Waals surface area (Å²) in [4.78, 5) is 23.9. The molecule has 0 heterocycles. The molecule has 82 valence electrons. The van der Waals surface area contributed by atoms with Gasteiger partial charge in [0.15, 0.2) is 0 Å². The second-order valence-corrected chi connectivity index (χ2v) is 2.83. The molecule has 0 atom stereocenters. The predicted octanol–water partition coefficient (Wildman–Crippen LogP) is 0.174. The van der Waals surface area contributed by atoms with E-state index < -0.39 is 0 Å². The Hall–Kier alpha value is -1.26. The first-order valence-electron chi connectivity index (χ1n) is 4.89. The molecule has 0 rings (SSSR count). The van der Waals surface area contributed by atoms with Crippen LogP contribution >= 0.6 is 0 Å². The van der Waals surface area contributed by atoms with Crippen molar-refractivity contribution in [3.05, 3.63) is 0 Å². The maximum Gasteiger partial charge on any atom is 0.317 e. The molecule has 0 aliphatic rings. The van der Waals surface area contributed by atoms with Crippen molar-refractivity contribution in [2.75, 3.05) is 26.7 Å². The van der Waals surface area contributed by atoms with Gasteiger partial charge >= 0.3 is 6.03 Å². The molecule has 5 nitrogen and oxygen atoms in total. The fourth-order valence-electron chi connectivity index (χ4n) is 1.03. The number of hydrogen-bond donors (Lipinski definition) is 2. The van der Waals surface area contributed by atoms with Crippen molar-refractivity contribution in [3.8, 4) is 0 Å². The average molecular weight is 201 g/mol. The lowest BCUT2D eigenvalue weighted by Gasteiger charge is -2.18. The first-order chi connectivity index (χ1) is 6.65. The molecule has 5 heteroatoms. The van der Waals surface area contributed by atoms with Crippen LogP contribution in [0.2, 0.25) is 0 Å². The van der Waals surface area contributed by atoms with Gasteiger partial charge in [-0.15, -0.1) is 0 Å². The van der Waals surface area contributed by atoms with E-state index in [1.807, 2.05) is 13.8 Å². The van der Waals surface area contributed by atoms with Crippen molar-refractivity contribution < 1.29 is 9.59 Å². The highest BCUT2D eigenvalue weighted by atomic mass is 16.2. The minimum absolute atomic E-state index is 0.0650. The van der Waals surface area contributed by atoms with Crippen LogP contribution in [0.15, 0.2) is 0 Å². The fourth-order valence-corrected chi connectivity index (χ4v) is 1.03. The van der Waals surface area contributed by atoms with Crippen LogP contribution < -0.4 is 10.6 Å². The Kier molecular flexibility index (Phi) is 6.53. The molecule has 0 bridgehead atoms. The summed E-state index contributed by atoms with van der Waals surface area (Å²) >= 11 is 0. The summed E-state index contributed by atoms with van der Waals surface area (Å²) in [7, 11) is 1.58. The number of carbonyl (C=O) groups is 2. The maximum absolute atomic E-state index is 11.4. The smallest absolute Gasteiger partial charge is 0.317 e. The molecular weight excluding hydrogens is 182 g/mol. The van der Waals surface area contributed by atoms with Crippen LogP contribution in [0.25, 0.3) is 0 Å². The summed E-state index contributed by atoms with van der Waals surface area (Å²) in [6.45, 7) is 5.59. The lowest BCUT2D eigenvalue weighted by atomic mass is 10.4. The van der Waals surface area contributed by atoms with E-state index in [1.165, 1.54) is 0 Å². The lowest BCUT2D eigenvalue weighted by Crippen LogP contribution is -2.40. The SMILES string of the molecule is CCN(CC)C(=O)NCCC(=O)NC. The molecule has 3 amide bonds. The van der Waals surface area contributed by atoms with E-state index >= 15 is 0 Å². The molecule has 0 radical (unpaired) electrons. The molecule has 0 fully saturated rings. The number of nitrogens with one attached hydrogen (secondary N) is 2. The largest absolute Gasteiger partial charge is 0.359 e. The van der Waals surface area contributed by atoms with E-state index in [-0.39, 0.29) is 11.9 Å². The van der Waals surface area contributed by atoms with Crippen LogP contribution in [0, 0.1) is 0 Å². The number of nitrogens with zero attached hydrogens (tertiary/aromatic N) is 1. The molecule has 0 spiro atoms. The van der Waals surface area contributed by atoms with Gasteiger partial charge in [-0.2, -0.15) is 0 Å². The summed E-state index contributed by atoms with van der Waals surface area (Å²) in [5.41, 5.74) is 0. The Morgan fingerprint density at radius 3 is 2.21 bits per heavy atom. The van der Waals surface area contributed by atoms with Crippen molar-refractivity contribution in [2.45, 2.75) is 20.3 Å². The number of amides is 3. The quantitative estimate of drug-likeness (QED) is 0.666. The van der Waals surface area contributed by atoms with Gasteiger partial charge in [0.2, 0.25) is 5.91 Å². The normalized spacial score (nSPS) is 9.36. The molecule has 0 aliphatic heterocycles. The standard InChI is InChI=1S/C9H19N3O2/c1-4-12(5-2)9(14)11-7-6-8(13)10-3/h4-7H2,1-3H3,(H,10,13)(H,11,14). The lowest BCUT2D eigenvalue weighted by molar-refractivity contribution is -0.120. The van der Waals surface area contributed by atoms with Gasteiger partial charge in [-0.05, 0) is 13.8 Å². The zero-order valence-electron chi connectivity index (χ0n) is 9.09. The van der Waals surface area contributed by atoms with E-state index in [1.54, 1.807) is 11.9 Å². The third-order valence-electron chi connectivity index (χ3n) is 1.96. The highest BCUT2D eigenvalue weighted by Crippen LogP contribution is 1.88. The average Bonchev–Trinajstić information content (AvgIpc) is 2.19. The van der Waals surface area contributed by atoms with Gasteiger partial charge in [0.05, 0.1) is 0 Å². The van der Waals surface area contributed by atoms with Crippen LogP contribution in [-0.4, -0.2) is 43.5 Å². The van der Waals surface area contributed by atoms with Crippen molar-refractivity contribution in [1.29, 1.82) is 0 Å². The Morgan fingerprint density at radius 1 is 1.21 bits per heavy atom. The van der Waals surface area contributed by atoms with E-state index in [2.05, 4.69) is 10.6 Å². The van der Waals surface area contributed by atoms with Gasteiger partial charge in [0.1, 0.15) is 0 Å². The predicted molar refractivity (Wildman–Crippen MR) is 55.0 cm³/mol. The highest BCUT2D eigenvalue weighted by Gasteiger charge is 2.08. The van der Waals surface area contributed by atoms with Crippen molar-refractivity contribution in [2.24, 2.45) is 0 Å². The maximum atomic E-state index is 11.4.